The number of aromatic nitrogens is 1. The van der Waals surface area contributed by atoms with Crippen molar-refractivity contribution in [2.24, 2.45) is 0 Å². The summed E-state index contributed by atoms with van der Waals surface area (Å²) in [7, 11) is -0.118. The second kappa shape index (κ2) is 4.62. The Morgan fingerprint density at radius 2 is 2.18 bits per heavy atom. The molecule has 1 aromatic heterocycles. The summed E-state index contributed by atoms with van der Waals surface area (Å²) in [5, 5.41) is 2.81. The topological polar surface area (TPSA) is 62.3 Å². The molecule has 0 radical (unpaired) electrons. The number of pyridine rings is 1. The molecule has 2 rings (SSSR count). The van der Waals surface area contributed by atoms with Gasteiger partial charge >= 0.3 is 0 Å². The predicted molar refractivity (Wildman–Crippen MR) is 66.4 cm³/mol. The van der Waals surface area contributed by atoms with E-state index in [0.29, 0.717) is 5.82 Å². The molecule has 0 spiro atoms. The Morgan fingerprint density at radius 3 is 2.71 bits per heavy atom. The maximum atomic E-state index is 12.4. The summed E-state index contributed by atoms with van der Waals surface area (Å²) < 4.78 is 26.3. The Kier molecular flexibility index (Phi) is 3.35. The molecule has 0 saturated heterocycles. The first-order chi connectivity index (χ1) is 8.07. The van der Waals surface area contributed by atoms with Gasteiger partial charge in [0.15, 0.2) is 0 Å². The molecule has 0 amide bonds. The highest BCUT2D eigenvalue weighted by Gasteiger charge is 2.33. The predicted octanol–water partition coefficient (Wildman–Crippen LogP) is 1.30. The fraction of sp³-hybridized carbons (Fsp3) is 0.545. The lowest BCUT2D eigenvalue weighted by atomic mass is 9.94. The number of hydrogen-bond donors (Lipinski definition) is 1. The smallest absolute Gasteiger partial charge is 0.246 e. The SMILES string of the molecule is CNc1ncccc1S(=O)(=O)N(C)C1CCC1. The summed E-state index contributed by atoms with van der Waals surface area (Å²) in [5.74, 6) is 0.402. The number of rotatable bonds is 4. The lowest BCUT2D eigenvalue weighted by Gasteiger charge is -2.33. The van der Waals surface area contributed by atoms with Crippen molar-refractivity contribution in [1.82, 2.24) is 9.29 Å². The Labute approximate surface area is 102 Å². The summed E-state index contributed by atoms with van der Waals surface area (Å²) in [5.41, 5.74) is 0. The zero-order valence-electron chi connectivity index (χ0n) is 10.0. The van der Waals surface area contributed by atoms with Crippen molar-refractivity contribution in [2.45, 2.75) is 30.2 Å². The van der Waals surface area contributed by atoms with Gasteiger partial charge in [-0.3, -0.25) is 0 Å². The van der Waals surface area contributed by atoms with Crippen LogP contribution in [0.1, 0.15) is 19.3 Å². The highest BCUT2D eigenvalue weighted by molar-refractivity contribution is 7.89. The van der Waals surface area contributed by atoms with Gasteiger partial charge in [0.05, 0.1) is 0 Å². The van der Waals surface area contributed by atoms with E-state index in [-0.39, 0.29) is 10.9 Å². The summed E-state index contributed by atoms with van der Waals surface area (Å²) in [6.45, 7) is 0. The Morgan fingerprint density at radius 1 is 1.47 bits per heavy atom. The van der Waals surface area contributed by atoms with Crippen LogP contribution in [0.4, 0.5) is 5.82 Å². The molecule has 17 heavy (non-hydrogen) atoms. The Balaban J connectivity index is 2.36. The number of nitrogens with zero attached hydrogens (tertiary/aromatic N) is 2. The average Bonchev–Trinajstić information content (AvgIpc) is 2.26. The maximum absolute atomic E-state index is 12.4. The van der Waals surface area contributed by atoms with Crippen LogP contribution < -0.4 is 5.32 Å². The van der Waals surface area contributed by atoms with Crippen LogP contribution in [-0.4, -0.2) is 37.8 Å². The largest absolute Gasteiger partial charge is 0.372 e. The molecule has 1 aromatic rings. The third kappa shape index (κ3) is 2.14. The highest BCUT2D eigenvalue weighted by atomic mass is 32.2. The second-order valence-electron chi connectivity index (χ2n) is 4.21. The van der Waals surface area contributed by atoms with Crippen LogP contribution in [0.25, 0.3) is 0 Å². The minimum Gasteiger partial charge on any atom is -0.372 e. The van der Waals surface area contributed by atoms with E-state index in [1.807, 2.05) is 0 Å². The average molecular weight is 255 g/mol. The van der Waals surface area contributed by atoms with Crippen LogP contribution in [0.5, 0.6) is 0 Å². The van der Waals surface area contributed by atoms with Gasteiger partial charge in [0.25, 0.3) is 0 Å². The first kappa shape index (κ1) is 12.3. The molecule has 0 aromatic carbocycles. The Bertz CT molecular complexity index is 497. The standard InChI is InChI=1S/C11H17N3O2S/c1-12-11-10(7-4-8-13-11)17(15,16)14(2)9-5-3-6-9/h4,7-9H,3,5-6H2,1-2H3,(H,12,13). The molecule has 1 N–H and O–H groups in total. The van der Waals surface area contributed by atoms with Gasteiger partial charge in [-0.15, -0.1) is 0 Å². The van der Waals surface area contributed by atoms with Gasteiger partial charge < -0.3 is 5.32 Å². The van der Waals surface area contributed by atoms with E-state index in [9.17, 15) is 8.42 Å². The van der Waals surface area contributed by atoms with Crippen LogP contribution in [0.2, 0.25) is 0 Å². The molecule has 1 heterocycles. The lowest BCUT2D eigenvalue weighted by molar-refractivity contribution is 0.249. The number of anilines is 1. The van der Waals surface area contributed by atoms with Crippen molar-refractivity contribution < 1.29 is 8.42 Å². The molecule has 1 aliphatic carbocycles. The third-order valence-corrected chi connectivity index (χ3v) is 5.20. The first-order valence-corrected chi connectivity index (χ1v) is 7.12. The summed E-state index contributed by atoms with van der Waals surface area (Å²) in [4.78, 5) is 4.28. The van der Waals surface area contributed by atoms with E-state index < -0.39 is 10.0 Å². The highest BCUT2D eigenvalue weighted by Crippen LogP contribution is 2.30. The minimum atomic E-state index is -3.43. The van der Waals surface area contributed by atoms with Crippen LogP contribution in [0.15, 0.2) is 23.2 Å². The monoisotopic (exact) mass is 255 g/mol. The van der Waals surface area contributed by atoms with E-state index in [1.165, 1.54) is 4.31 Å². The second-order valence-corrected chi connectivity index (χ2v) is 6.17. The van der Waals surface area contributed by atoms with Crippen LogP contribution in [-0.2, 0) is 10.0 Å². The van der Waals surface area contributed by atoms with Gasteiger partial charge in [0.1, 0.15) is 10.7 Å². The fourth-order valence-corrected chi connectivity index (χ4v) is 3.45. The zero-order valence-corrected chi connectivity index (χ0v) is 10.9. The van der Waals surface area contributed by atoms with E-state index in [1.54, 1.807) is 32.4 Å². The molecule has 1 aliphatic rings. The molecule has 0 aliphatic heterocycles. The van der Waals surface area contributed by atoms with Gasteiger partial charge in [0.2, 0.25) is 10.0 Å². The van der Waals surface area contributed by atoms with Crippen molar-refractivity contribution in [3.8, 4) is 0 Å². The van der Waals surface area contributed by atoms with Crippen molar-refractivity contribution in [1.29, 1.82) is 0 Å². The molecule has 0 unspecified atom stereocenters. The first-order valence-electron chi connectivity index (χ1n) is 5.68. The maximum Gasteiger partial charge on any atom is 0.246 e. The van der Waals surface area contributed by atoms with Crippen LogP contribution in [0, 0.1) is 0 Å². The zero-order chi connectivity index (χ0) is 12.5. The number of nitrogens with one attached hydrogen (secondary N) is 1. The fourth-order valence-electron chi connectivity index (χ4n) is 1.89. The minimum absolute atomic E-state index is 0.143. The molecule has 0 bridgehead atoms. The van der Waals surface area contributed by atoms with Gasteiger partial charge in [-0.05, 0) is 25.0 Å². The lowest BCUT2D eigenvalue weighted by Crippen LogP contribution is -2.41. The van der Waals surface area contributed by atoms with Crippen molar-refractivity contribution in [3.05, 3.63) is 18.3 Å². The summed E-state index contributed by atoms with van der Waals surface area (Å²) >= 11 is 0. The normalized spacial score (nSPS) is 16.9. The van der Waals surface area contributed by atoms with E-state index in [4.69, 9.17) is 0 Å². The summed E-state index contributed by atoms with van der Waals surface area (Å²) in [6.07, 6.45) is 4.58. The molecule has 94 valence electrons. The van der Waals surface area contributed by atoms with Gasteiger partial charge in [0, 0.05) is 26.3 Å². The molecular formula is C11H17N3O2S. The van der Waals surface area contributed by atoms with E-state index >= 15 is 0 Å². The molecule has 6 heteroatoms. The van der Waals surface area contributed by atoms with Gasteiger partial charge in [-0.25, -0.2) is 13.4 Å². The molecule has 0 atom stereocenters. The summed E-state index contributed by atoms with van der Waals surface area (Å²) in [6, 6.07) is 3.37. The van der Waals surface area contributed by atoms with E-state index in [2.05, 4.69) is 10.3 Å². The quantitative estimate of drug-likeness (QED) is 0.880. The third-order valence-electron chi connectivity index (χ3n) is 3.25. The molecule has 1 saturated carbocycles. The van der Waals surface area contributed by atoms with Crippen LogP contribution in [0.3, 0.4) is 0 Å². The van der Waals surface area contributed by atoms with E-state index in [0.717, 1.165) is 19.3 Å². The van der Waals surface area contributed by atoms with Gasteiger partial charge in [-0.2, -0.15) is 4.31 Å². The number of sulfonamides is 1. The molecule has 1 fully saturated rings. The van der Waals surface area contributed by atoms with Gasteiger partial charge in [-0.1, -0.05) is 6.42 Å². The van der Waals surface area contributed by atoms with Crippen molar-refractivity contribution >= 4 is 15.8 Å². The van der Waals surface area contributed by atoms with Crippen LogP contribution >= 0.6 is 0 Å². The Hall–Kier alpha value is -1.14. The number of hydrogen-bond acceptors (Lipinski definition) is 4. The molecule has 5 nitrogen and oxygen atoms in total. The van der Waals surface area contributed by atoms with Crippen molar-refractivity contribution in [3.63, 3.8) is 0 Å². The van der Waals surface area contributed by atoms with Crippen molar-refractivity contribution in [2.75, 3.05) is 19.4 Å². The molecular weight excluding hydrogens is 238 g/mol.